The fraction of sp³-hybridized carbons (Fsp3) is 0.556. The van der Waals surface area contributed by atoms with Gasteiger partial charge in [-0.05, 0) is 45.3 Å². The summed E-state index contributed by atoms with van der Waals surface area (Å²) in [5, 5.41) is 22.6. The van der Waals surface area contributed by atoms with Gasteiger partial charge in [0.25, 0.3) is 5.69 Å². The minimum absolute atomic E-state index is 0. The molecule has 1 aliphatic heterocycles. The highest BCUT2D eigenvalue weighted by atomic mass is 35.5. The maximum atomic E-state index is 12.4. The van der Waals surface area contributed by atoms with E-state index in [1.807, 2.05) is 16.8 Å². The zero-order valence-corrected chi connectivity index (χ0v) is 16.9. The van der Waals surface area contributed by atoms with Crippen LogP contribution in [0, 0.1) is 17.0 Å². The zero-order valence-electron chi connectivity index (χ0n) is 16.1. The van der Waals surface area contributed by atoms with Gasteiger partial charge in [-0.25, -0.2) is 0 Å². The molecule has 0 radical (unpaired) electrons. The normalized spacial score (nSPS) is 17.5. The van der Waals surface area contributed by atoms with E-state index in [9.17, 15) is 19.7 Å². The van der Waals surface area contributed by atoms with Gasteiger partial charge in [0.05, 0.1) is 23.7 Å². The fourth-order valence-corrected chi connectivity index (χ4v) is 3.33. The molecule has 2 N–H and O–H groups in total. The van der Waals surface area contributed by atoms with Gasteiger partial charge < -0.3 is 10.4 Å². The lowest BCUT2D eigenvalue weighted by Crippen LogP contribution is -2.37. The van der Waals surface area contributed by atoms with Gasteiger partial charge in [0.2, 0.25) is 5.91 Å². The van der Waals surface area contributed by atoms with Gasteiger partial charge in [-0.3, -0.25) is 29.5 Å². The summed E-state index contributed by atoms with van der Waals surface area (Å²) >= 11 is 0. The Morgan fingerprint density at radius 1 is 1.36 bits per heavy atom. The molecule has 1 amide bonds. The lowest BCUT2D eigenvalue weighted by atomic mass is 10.1. The van der Waals surface area contributed by atoms with E-state index < -0.39 is 10.9 Å². The van der Waals surface area contributed by atoms with E-state index in [1.165, 1.54) is 12.1 Å². The highest BCUT2D eigenvalue weighted by molar-refractivity contribution is 5.93. The smallest absolute Gasteiger partial charge is 0.317 e. The van der Waals surface area contributed by atoms with Crippen LogP contribution in [0.1, 0.15) is 24.8 Å². The average molecular weight is 415 g/mol. The predicted molar refractivity (Wildman–Crippen MR) is 108 cm³/mol. The third-order valence-corrected chi connectivity index (χ3v) is 4.87. The summed E-state index contributed by atoms with van der Waals surface area (Å²) < 4.78 is 0. The number of nitro benzene ring substituents is 1. The minimum atomic E-state index is -0.842. The Morgan fingerprint density at radius 3 is 2.71 bits per heavy atom. The molecule has 1 atom stereocenters. The van der Waals surface area contributed by atoms with Gasteiger partial charge in [-0.1, -0.05) is 6.07 Å². The molecular formula is C18H27ClN4O5. The molecule has 1 aromatic rings. The number of amides is 1. The van der Waals surface area contributed by atoms with E-state index in [0.29, 0.717) is 12.2 Å². The molecular weight excluding hydrogens is 388 g/mol. The standard InChI is InChI=1S/C18H26N4O5.ClH/c1-13-5-6-15(22(26)27)10-16(13)19-17(23)11-21-8-3-4-14(7-9-21)20(2)12-18(24)25;/h5-6,10,14H,3-4,7-9,11-12H2,1-2H3,(H,19,23)(H,24,25);1H. The number of carbonyl (C=O) groups is 2. The third kappa shape index (κ3) is 7.06. The molecule has 9 nitrogen and oxygen atoms in total. The van der Waals surface area contributed by atoms with Crippen molar-refractivity contribution in [3.63, 3.8) is 0 Å². The number of aliphatic carboxylic acids is 1. The molecule has 1 aromatic carbocycles. The average Bonchev–Trinajstić information content (AvgIpc) is 2.81. The molecule has 1 fully saturated rings. The van der Waals surface area contributed by atoms with Gasteiger partial charge in [-0.2, -0.15) is 0 Å². The van der Waals surface area contributed by atoms with Crippen molar-refractivity contribution < 1.29 is 19.6 Å². The van der Waals surface area contributed by atoms with Gasteiger partial charge in [0.15, 0.2) is 0 Å². The molecule has 156 valence electrons. The summed E-state index contributed by atoms with van der Waals surface area (Å²) in [5.74, 6) is -1.05. The number of anilines is 1. The van der Waals surface area contributed by atoms with Crippen LogP contribution in [-0.4, -0.2) is 71.0 Å². The first kappa shape index (κ1) is 23.8. The van der Waals surface area contributed by atoms with Gasteiger partial charge in [0, 0.05) is 24.7 Å². The third-order valence-electron chi connectivity index (χ3n) is 4.87. The maximum Gasteiger partial charge on any atom is 0.317 e. The number of nitrogens with one attached hydrogen (secondary N) is 1. The Labute approximate surface area is 170 Å². The van der Waals surface area contributed by atoms with Crippen molar-refractivity contribution in [1.82, 2.24) is 9.80 Å². The quantitative estimate of drug-likeness (QED) is 0.518. The van der Waals surface area contributed by atoms with Crippen LogP contribution in [0.25, 0.3) is 0 Å². The molecule has 1 aliphatic rings. The molecule has 1 saturated heterocycles. The molecule has 2 rings (SSSR count). The number of carboxylic acid groups (broad SMARTS) is 1. The number of halogens is 1. The number of nitrogens with zero attached hydrogens (tertiary/aromatic N) is 3. The van der Waals surface area contributed by atoms with Crippen LogP contribution in [0.15, 0.2) is 18.2 Å². The van der Waals surface area contributed by atoms with Crippen LogP contribution in [0.4, 0.5) is 11.4 Å². The van der Waals surface area contributed by atoms with Crippen molar-refractivity contribution >= 4 is 35.7 Å². The lowest BCUT2D eigenvalue weighted by molar-refractivity contribution is -0.384. The van der Waals surface area contributed by atoms with Crippen molar-refractivity contribution in [3.05, 3.63) is 33.9 Å². The minimum Gasteiger partial charge on any atom is -0.480 e. The van der Waals surface area contributed by atoms with Crippen molar-refractivity contribution in [3.8, 4) is 0 Å². The topological polar surface area (TPSA) is 116 Å². The molecule has 0 spiro atoms. The number of carboxylic acids is 1. The number of likely N-dealkylation sites (tertiary alicyclic amines) is 1. The van der Waals surface area contributed by atoms with Crippen LogP contribution in [-0.2, 0) is 9.59 Å². The number of aryl methyl sites for hydroxylation is 1. The second kappa shape index (κ2) is 10.9. The Morgan fingerprint density at radius 2 is 2.07 bits per heavy atom. The van der Waals surface area contributed by atoms with Crippen LogP contribution in [0.3, 0.4) is 0 Å². The van der Waals surface area contributed by atoms with Crippen molar-refractivity contribution in [1.29, 1.82) is 0 Å². The van der Waals surface area contributed by atoms with Gasteiger partial charge >= 0.3 is 5.97 Å². The van der Waals surface area contributed by atoms with Crippen molar-refractivity contribution in [2.24, 2.45) is 0 Å². The predicted octanol–water partition coefficient (Wildman–Crippen LogP) is 2.13. The number of carbonyl (C=O) groups excluding carboxylic acids is 1. The first-order chi connectivity index (χ1) is 12.8. The summed E-state index contributed by atoms with van der Waals surface area (Å²) in [7, 11) is 1.81. The van der Waals surface area contributed by atoms with Gasteiger partial charge in [-0.15, -0.1) is 12.4 Å². The maximum absolute atomic E-state index is 12.4. The second-order valence-electron chi connectivity index (χ2n) is 6.97. The molecule has 0 aromatic heterocycles. The fourth-order valence-electron chi connectivity index (χ4n) is 3.33. The van der Waals surface area contributed by atoms with E-state index >= 15 is 0 Å². The largest absolute Gasteiger partial charge is 0.480 e. The number of hydrogen-bond donors (Lipinski definition) is 2. The Balaban J connectivity index is 0.00000392. The molecule has 0 aliphatic carbocycles. The van der Waals surface area contributed by atoms with E-state index in [0.717, 1.165) is 31.4 Å². The van der Waals surface area contributed by atoms with E-state index in [1.54, 1.807) is 13.0 Å². The van der Waals surface area contributed by atoms with Crippen LogP contribution >= 0.6 is 12.4 Å². The Bertz CT molecular complexity index is 715. The summed E-state index contributed by atoms with van der Waals surface area (Å²) in [4.78, 5) is 37.5. The summed E-state index contributed by atoms with van der Waals surface area (Å²) in [6, 6.07) is 4.58. The van der Waals surface area contributed by atoms with E-state index in [-0.39, 0.29) is 43.1 Å². The molecule has 1 unspecified atom stereocenters. The molecule has 1 heterocycles. The SMILES string of the molecule is Cc1ccc([N+](=O)[O-])cc1NC(=O)CN1CCCC(N(C)CC(=O)O)CC1.Cl. The van der Waals surface area contributed by atoms with Gasteiger partial charge in [0.1, 0.15) is 0 Å². The lowest BCUT2D eigenvalue weighted by Gasteiger charge is -2.25. The van der Waals surface area contributed by atoms with Crippen molar-refractivity contribution in [2.75, 3.05) is 38.5 Å². The van der Waals surface area contributed by atoms with Crippen molar-refractivity contribution in [2.45, 2.75) is 32.2 Å². The number of likely N-dealkylation sites (N-methyl/N-ethyl adjacent to an activating group) is 1. The number of nitro groups is 1. The highest BCUT2D eigenvalue weighted by Gasteiger charge is 2.23. The second-order valence-corrected chi connectivity index (χ2v) is 6.97. The molecule has 10 heteroatoms. The Kier molecular flexibility index (Phi) is 9.30. The molecule has 28 heavy (non-hydrogen) atoms. The number of hydrogen-bond acceptors (Lipinski definition) is 6. The first-order valence-corrected chi connectivity index (χ1v) is 8.95. The first-order valence-electron chi connectivity index (χ1n) is 8.95. The van der Waals surface area contributed by atoms with Crippen LogP contribution in [0.5, 0.6) is 0 Å². The molecule has 0 saturated carbocycles. The zero-order chi connectivity index (χ0) is 20.0. The molecule has 0 bridgehead atoms. The van der Waals surface area contributed by atoms with E-state index in [2.05, 4.69) is 5.32 Å². The summed E-state index contributed by atoms with van der Waals surface area (Å²) in [6.45, 7) is 3.47. The Hall–Kier alpha value is -2.23. The monoisotopic (exact) mass is 414 g/mol. The number of non-ortho nitro benzene ring substituents is 1. The summed E-state index contributed by atoms with van der Waals surface area (Å²) in [6.07, 6.45) is 2.58. The van der Waals surface area contributed by atoms with Crippen LogP contribution < -0.4 is 5.32 Å². The number of benzene rings is 1. The highest BCUT2D eigenvalue weighted by Crippen LogP contribution is 2.22. The van der Waals surface area contributed by atoms with Crippen LogP contribution in [0.2, 0.25) is 0 Å². The summed E-state index contributed by atoms with van der Waals surface area (Å²) in [5.41, 5.74) is 1.15. The van der Waals surface area contributed by atoms with E-state index in [4.69, 9.17) is 5.11 Å². The number of rotatable bonds is 7.